The van der Waals surface area contributed by atoms with E-state index >= 15 is 0 Å². The Morgan fingerprint density at radius 2 is 2.37 bits per heavy atom. The highest BCUT2D eigenvalue weighted by atomic mass is 19.1. The van der Waals surface area contributed by atoms with Gasteiger partial charge in [0.15, 0.2) is 0 Å². The summed E-state index contributed by atoms with van der Waals surface area (Å²) in [7, 11) is 0. The molecule has 0 radical (unpaired) electrons. The second-order valence-corrected chi connectivity index (χ2v) is 4.57. The highest BCUT2D eigenvalue weighted by molar-refractivity contribution is 5.82. The van der Waals surface area contributed by atoms with Crippen LogP contribution < -0.4 is 5.32 Å². The van der Waals surface area contributed by atoms with Crippen LogP contribution in [0.15, 0.2) is 18.2 Å². The minimum Gasteiger partial charge on any atom is -0.336 e. The zero-order chi connectivity index (χ0) is 13.8. The molecule has 1 fully saturated rings. The Hall–Kier alpha value is -1.93. The first-order valence-corrected chi connectivity index (χ1v) is 6.37. The lowest BCUT2D eigenvalue weighted by Crippen LogP contribution is -2.54. The van der Waals surface area contributed by atoms with E-state index in [1.165, 1.54) is 6.07 Å². The second kappa shape index (κ2) is 5.81. The lowest BCUT2D eigenvalue weighted by Gasteiger charge is -2.32. The standard InChI is InChI=1S/C14H16FN3O/c1-2-12-14(19)18(7-6-17-12)9-11-5-3-4-10(8-16)13(11)15/h3-5,12,17H,2,6-7,9H2,1H3. The molecule has 4 nitrogen and oxygen atoms in total. The Balaban J connectivity index is 2.17. The molecular weight excluding hydrogens is 245 g/mol. The average molecular weight is 261 g/mol. The molecule has 1 unspecified atom stereocenters. The first kappa shape index (κ1) is 13.5. The number of carbonyl (C=O) groups is 1. The smallest absolute Gasteiger partial charge is 0.240 e. The first-order valence-electron chi connectivity index (χ1n) is 6.37. The summed E-state index contributed by atoms with van der Waals surface area (Å²) in [6, 6.07) is 6.32. The first-order chi connectivity index (χ1) is 9.17. The van der Waals surface area contributed by atoms with Gasteiger partial charge in [-0.25, -0.2) is 4.39 Å². The molecule has 0 bridgehead atoms. The maximum atomic E-state index is 14.0. The van der Waals surface area contributed by atoms with Crippen LogP contribution in [0.2, 0.25) is 0 Å². The number of nitrogens with zero attached hydrogens (tertiary/aromatic N) is 2. The predicted octanol–water partition coefficient (Wildman–Crippen LogP) is 1.41. The molecule has 1 heterocycles. The number of nitriles is 1. The van der Waals surface area contributed by atoms with Crippen LogP contribution in [-0.4, -0.2) is 29.9 Å². The zero-order valence-corrected chi connectivity index (χ0v) is 10.8. The zero-order valence-electron chi connectivity index (χ0n) is 10.8. The molecule has 1 saturated heterocycles. The van der Waals surface area contributed by atoms with Crippen molar-refractivity contribution in [2.45, 2.75) is 25.9 Å². The topological polar surface area (TPSA) is 56.1 Å². The largest absolute Gasteiger partial charge is 0.336 e. The third-order valence-corrected chi connectivity index (χ3v) is 3.35. The van der Waals surface area contributed by atoms with E-state index in [1.807, 2.05) is 13.0 Å². The molecule has 1 aromatic carbocycles. The van der Waals surface area contributed by atoms with Gasteiger partial charge in [-0.15, -0.1) is 0 Å². The number of benzene rings is 1. The van der Waals surface area contributed by atoms with Crippen molar-refractivity contribution in [2.24, 2.45) is 0 Å². The van der Waals surface area contributed by atoms with Crippen molar-refractivity contribution in [2.75, 3.05) is 13.1 Å². The van der Waals surface area contributed by atoms with Crippen molar-refractivity contribution in [1.29, 1.82) is 5.26 Å². The van der Waals surface area contributed by atoms with E-state index in [0.29, 0.717) is 18.7 Å². The van der Waals surface area contributed by atoms with Crippen molar-refractivity contribution >= 4 is 5.91 Å². The van der Waals surface area contributed by atoms with E-state index in [-0.39, 0.29) is 24.1 Å². The molecule has 0 spiro atoms. The van der Waals surface area contributed by atoms with Crippen LogP contribution in [-0.2, 0) is 11.3 Å². The number of carbonyl (C=O) groups excluding carboxylic acids is 1. The van der Waals surface area contributed by atoms with Crippen LogP contribution in [0.3, 0.4) is 0 Å². The summed E-state index contributed by atoms with van der Waals surface area (Å²) in [5.74, 6) is -0.528. The second-order valence-electron chi connectivity index (χ2n) is 4.57. The molecule has 0 aliphatic carbocycles. The van der Waals surface area contributed by atoms with Gasteiger partial charge < -0.3 is 10.2 Å². The molecule has 1 aromatic rings. The summed E-state index contributed by atoms with van der Waals surface area (Å²) >= 11 is 0. The summed E-state index contributed by atoms with van der Waals surface area (Å²) < 4.78 is 14.0. The SMILES string of the molecule is CCC1NCCN(Cc2cccc(C#N)c2F)C1=O. The Kier molecular flexibility index (Phi) is 4.13. The molecule has 5 heteroatoms. The summed E-state index contributed by atoms with van der Waals surface area (Å²) in [6.45, 7) is 3.43. The van der Waals surface area contributed by atoms with Crippen LogP contribution in [0.4, 0.5) is 4.39 Å². The number of rotatable bonds is 3. The number of piperazine rings is 1. The number of amides is 1. The number of hydrogen-bond donors (Lipinski definition) is 1. The van der Waals surface area contributed by atoms with Crippen molar-refractivity contribution in [1.82, 2.24) is 10.2 Å². The molecule has 0 saturated carbocycles. The van der Waals surface area contributed by atoms with Gasteiger partial charge in [0.25, 0.3) is 0 Å². The molecule has 1 aliphatic heterocycles. The normalized spacial score (nSPS) is 19.3. The minimum absolute atomic E-state index is 0.00416. The van der Waals surface area contributed by atoms with Gasteiger partial charge in [-0.2, -0.15) is 5.26 Å². The Morgan fingerprint density at radius 1 is 1.58 bits per heavy atom. The van der Waals surface area contributed by atoms with E-state index < -0.39 is 5.82 Å². The van der Waals surface area contributed by atoms with Gasteiger partial charge in [0.1, 0.15) is 11.9 Å². The van der Waals surface area contributed by atoms with Gasteiger partial charge in [0.05, 0.1) is 11.6 Å². The summed E-state index contributed by atoms with van der Waals surface area (Å²) in [6.07, 6.45) is 0.718. The fourth-order valence-corrected chi connectivity index (χ4v) is 2.26. The highest BCUT2D eigenvalue weighted by Gasteiger charge is 2.27. The quantitative estimate of drug-likeness (QED) is 0.895. The van der Waals surface area contributed by atoms with E-state index in [2.05, 4.69) is 5.32 Å². The van der Waals surface area contributed by atoms with E-state index in [9.17, 15) is 9.18 Å². The van der Waals surface area contributed by atoms with Gasteiger partial charge in [-0.1, -0.05) is 19.1 Å². The molecule has 100 valence electrons. The maximum Gasteiger partial charge on any atom is 0.240 e. The number of hydrogen-bond acceptors (Lipinski definition) is 3. The molecule has 1 aliphatic rings. The lowest BCUT2D eigenvalue weighted by atomic mass is 10.1. The molecule has 0 aromatic heterocycles. The van der Waals surface area contributed by atoms with Gasteiger partial charge in [-0.05, 0) is 12.5 Å². The highest BCUT2D eigenvalue weighted by Crippen LogP contribution is 2.16. The van der Waals surface area contributed by atoms with Crippen LogP contribution in [0, 0.1) is 17.1 Å². The van der Waals surface area contributed by atoms with Crippen molar-refractivity contribution < 1.29 is 9.18 Å². The van der Waals surface area contributed by atoms with Gasteiger partial charge >= 0.3 is 0 Å². The summed E-state index contributed by atoms with van der Waals surface area (Å²) in [4.78, 5) is 13.7. The molecule has 1 N–H and O–H groups in total. The van der Waals surface area contributed by atoms with E-state index in [1.54, 1.807) is 17.0 Å². The molecule has 1 amide bonds. The molecule has 1 atom stereocenters. The van der Waals surface area contributed by atoms with Gasteiger partial charge in [-0.3, -0.25) is 4.79 Å². The Bertz CT molecular complexity index is 524. The Morgan fingerprint density at radius 3 is 3.05 bits per heavy atom. The predicted molar refractivity (Wildman–Crippen MR) is 68.6 cm³/mol. The van der Waals surface area contributed by atoms with E-state index in [4.69, 9.17) is 5.26 Å². The fraction of sp³-hybridized carbons (Fsp3) is 0.429. The number of halogens is 1. The Labute approximate surface area is 111 Å². The maximum absolute atomic E-state index is 14.0. The monoisotopic (exact) mass is 261 g/mol. The fourth-order valence-electron chi connectivity index (χ4n) is 2.26. The molecule has 19 heavy (non-hydrogen) atoms. The van der Waals surface area contributed by atoms with Gasteiger partial charge in [0, 0.05) is 25.2 Å². The third kappa shape index (κ3) is 2.74. The summed E-state index contributed by atoms with van der Waals surface area (Å²) in [5.41, 5.74) is 0.413. The van der Waals surface area contributed by atoms with Crippen molar-refractivity contribution in [3.8, 4) is 6.07 Å². The van der Waals surface area contributed by atoms with Crippen molar-refractivity contribution in [3.05, 3.63) is 35.1 Å². The average Bonchev–Trinajstić information content (AvgIpc) is 2.43. The van der Waals surface area contributed by atoms with Crippen LogP contribution in [0.5, 0.6) is 0 Å². The third-order valence-electron chi connectivity index (χ3n) is 3.35. The lowest BCUT2D eigenvalue weighted by molar-refractivity contribution is -0.136. The van der Waals surface area contributed by atoms with Crippen LogP contribution >= 0.6 is 0 Å². The van der Waals surface area contributed by atoms with Crippen LogP contribution in [0.25, 0.3) is 0 Å². The van der Waals surface area contributed by atoms with Gasteiger partial charge in [0.2, 0.25) is 5.91 Å². The minimum atomic E-state index is -0.524. The molecule has 2 rings (SSSR count). The summed E-state index contributed by atoms with van der Waals surface area (Å²) in [5, 5.41) is 11.9. The van der Waals surface area contributed by atoms with Crippen molar-refractivity contribution in [3.63, 3.8) is 0 Å². The van der Waals surface area contributed by atoms with E-state index in [0.717, 1.165) is 6.42 Å². The van der Waals surface area contributed by atoms with Crippen LogP contribution in [0.1, 0.15) is 24.5 Å². The number of nitrogens with one attached hydrogen (secondary N) is 1. The molecular formula is C14H16FN3O.